The Morgan fingerprint density at radius 3 is 2.82 bits per heavy atom. The number of rotatable bonds is 2. The Balaban J connectivity index is 2.37. The highest BCUT2D eigenvalue weighted by molar-refractivity contribution is 5.00. The molecule has 1 saturated carbocycles. The normalized spacial score (nSPS) is 32.4. The molecule has 0 saturated heterocycles. The smallest absolute Gasteiger partial charge is 0.0294 e. The maximum Gasteiger partial charge on any atom is -0.0294 e. The Hall–Kier alpha value is -0.260. The molecular formula is C11H20. The van der Waals surface area contributed by atoms with Crippen molar-refractivity contribution in [2.75, 3.05) is 0 Å². The van der Waals surface area contributed by atoms with Crippen LogP contribution in [0.2, 0.25) is 0 Å². The molecule has 0 aromatic carbocycles. The first-order valence-corrected chi connectivity index (χ1v) is 4.90. The molecule has 1 unspecified atom stereocenters. The van der Waals surface area contributed by atoms with Crippen LogP contribution in [0.5, 0.6) is 0 Å². The molecule has 0 N–H and O–H groups in total. The van der Waals surface area contributed by atoms with Gasteiger partial charge in [-0.25, -0.2) is 0 Å². The second kappa shape index (κ2) is 3.94. The predicted octanol–water partition coefficient (Wildman–Crippen LogP) is 3.78. The van der Waals surface area contributed by atoms with Crippen LogP contribution in [-0.4, -0.2) is 0 Å². The van der Waals surface area contributed by atoms with Crippen molar-refractivity contribution < 1.29 is 0 Å². The van der Waals surface area contributed by atoms with Crippen molar-refractivity contribution in [1.29, 1.82) is 0 Å². The molecule has 1 aliphatic rings. The van der Waals surface area contributed by atoms with Gasteiger partial charge < -0.3 is 0 Å². The Bertz CT molecular complexity index is 135. The summed E-state index contributed by atoms with van der Waals surface area (Å²) in [6, 6.07) is 0. The quantitative estimate of drug-likeness (QED) is 0.528. The van der Waals surface area contributed by atoms with Gasteiger partial charge in [0.25, 0.3) is 0 Å². The predicted molar refractivity (Wildman–Crippen MR) is 50.6 cm³/mol. The summed E-state index contributed by atoms with van der Waals surface area (Å²) >= 11 is 0. The lowest BCUT2D eigenvalue weighted by atomic mass is 9.76. The van der Waals surface area contributed by atoms with E-state index in [4.69, 9.17) is 0 Å². The van der Waals surface area contributed by atoms with Crippen LogP contribution in [0.4, 0.5) is 0 Å². The highest BCUT2D eigenvalue weighted by Crippen LogP contribution is 2.34. The van der Waals surface area contributed by atoms with Crippen molar-refractivity contribution in [3.8, 4) is 0 Å². The second-order valence-corrected chi connectivity index (χ2v) is 4.02. The van der Waals surface area contributed by atoms with E-state index >= 15 is 0 Å². The lowest BCUT2D eigenvalue weighted by Gasteiger charge is -2.29. The monoisotopic (exact) mass is 152 g/mol. The fourth-order valence-corrected chi connectivity index (χ4v) is 2.20. The molecular weight excluding hydrogens is 132 g/mol. The summed E-state index contributed by atoms with van der Waals surface area (Å²) in [5, 5.41) is 0. The van der Waals surface area contributed by atoms with E-state index in [-0.39, 0.29) is 0 Å². The Morgan fingerprint density at radius 1 is 1.55 bits per heavy atom. The molecule has 1 fully saturated rings. The van der Waals surface area contributed by atoms with E-state index in [0.717, 1.165) is 11.8 Å². The van der Waals surface area contributed by atoms with Gasteiger partial charge in [-0.1, -0.05) is 38.8 Å². The maximum absolute atomic E-state index is 4.06. The topological polar surface area (TPSA) is 0 Å². The van der Waals surface area contributed by atoms with Crippen LogP contribution in [0, 0.1) is 11.8 Å². The molecule has 2 atom stereocenters. The van der Waals surface area contributed by atoms with Crippen molar-refractivity contribution >= 4 is 0 Å². The van der Waals surface area contributed by atoms with Gasteiger partial charge in [-0.3, -0.25) is 0 Å². The molecule has 1 rings (SSSR count). The fraction of sp³-hybridized carbons (Fsp3) is 0.818. The minimum atomic E-state index is 0.899. The van der Waals surface area contributed by atoms with Crippen LogP contribution in [0.25, 0.3) is 0 Å². The van der Waals surface area contributed by atoms with Crippen molar-refractivity contribution in [2.45, 2.75) is 46.0 Å². The third kappa shape index (κ3) is 2.36. The molecule has 0 amide bonds. The van der Waals surface area contributed by atoms with Crippen molar-refractivity contribution in [1.82, 2.24) is 0 Å². The van der Waals surface area contributed by atoms with Gasteiger partial charge in [-0.05, 0) is 31.1 Å². The second-order valence-electron chi connectivity index (χ2n) is 4.02. The molecule has 0 nitrogen and oxygen atoms in total. The molecule has 0 heterocycles. The van der Waals surface area contributed by atoms with Gasteiger partial charge in [-0.15, -0.1) is 0 Å². The van der Waals surface area contributed by atoms with Crippen molar-refractivity contribution in [3.63, 3.8) is 0 Å². The molecule has 64 valence electrons. The average molecular weight is 152 g/mol. The van der Waals surface area contributed by atoms with E-state index in [1.54, 1.807) is 0 Å². The van der Waals surface area contributed by atoms with E-state index in [0.29, 0.717) is 0 Å². The first kappa shape index (κ1) is 8.83. The van der Waals surface area contributed by atoms with E-state index in [2.05, 4.69) is 20.4 Å². The molecule has 0 aromatic rings. The summed E-state index contributed by atoms with van der Waals surface area (Å²) in [4.78, 5) is 0. The van der Waals surface area contributed by atoms with E-state index in [1.807, 2.05) is 0 Å². The zero-order chi connectivity index (χ0) is 8.27. The van der Waals surface area contributed by atoms with Crippen LogP contribution in [0.3, 0.4) is 0 Å². The van der Waals surface area contributed by atoms with Gasteiger partial charge in [0.15, 0.2) is 0 Å². The Labute approximate surface area is 70.7 Å². The average Bonchev–Trinajstić information content (AvgIpc) is 1.95. The van der Waals surface area contributed by atoms with Gasteiger partial charge in [0, 0.05) is 0 Å². The van der Waals surface area contributed by atoms with Crippen molar-refractivity contribution in [3.05, 3.63) is 12.2 Å². The van der Waals surface area contributed by atoms with E-state index in [9.17, 15) is 0 Å². The lowest BCUT2D eigenvalue weighted by molar-refractivity contribution is 0.279. The van der Waals surface area contributed by atoms with Gasteiger partial charge in [0.1, 0.15) is 0 Å². The largest absolute Gasteiger partial charge is 0.0999 e. The Kier molecular flexibility index (Phi) is 3.16. The first-order chi connectivity index (χ1) is 5.24. The van der Waals surface area contributed by atoms with Crippen LogP contribution in [0.15, 0.2) is 12.2 Å². The molecule has 0 aromatic heterocycles. The molecule has 1 aliphatic carbocycles. The fourth-order valence-electron chi connectivity index (χ4n) is 2.20. The van der Waals surface area contributed by atoms with Crippen molar-refractivity contribution in [2.24, 2.45) is 11.8 Å². The van der Waals surface area contributed by atoms with Crippen LogP contribution < -0.4 is 0 Å². The third-order valence-corrected chi connectivity index (χ3v) is 2.94. The highest BCUT2D eigenvalue weighted by Gasteiger charge is 2.21. The number of hydrogen-bond donors (Lipinski definition) is 0. The van der Waals surface area contributed by atoms with E-state index in [1.165, 1.54) is 37.7 Å². The van der Waals surface area contributed by atoms with Gasteiger partial charge in [0.05, 0.1) is 0 Å². The summed E-state index contributed by atoms with van der Waals surface area (Å²) in [6.45, 7) is 8.73. The minimum Gasteiger partial charge on any atom is -0.0999 e. The van der Waals surface area contributed by atoms with Gasteiger partial charge in [0.2, 0.25) is 0 Å². The molecule has 0 heteroatoms. The standard InChI is InChI=1S/C11H20/c1-4-5-11-7-6-9(2)8-10(11)3/h10-11H,2,4-8H2,1,3H3/t10-,11?/m0/s1. The highest BCUT2D eigenvalue weighted by atomic mass is 14.3. The van der Waals surface area contributed by atoms with Crippen LogP contribution in [-0.2, 0) is 0 Å². The van der Waals surface area contributed by atoms with E-state index < -0.39 is 0 Å². The zero-order valence-electron chi connectivity index (χ0n) is 7.90. The lowest BCUT2D eigenvalue weighted by Crippen LogP contribution is -2.17. The summed E-state index contributed by atoms with van der Waals surface area (Å²) in [5.41, 5.74) is 1.48. The van der Waals surface area contributed by atoms with Gasteiger partial charge >= 0.3 is 0 Å². The number of hydrogen-bond acceptors (Lipinski definition) is 0. The molecule has 0 bridgehead atoms. The number of allylic oxidation sites excluding steroid dienone is 1. The van der Waals surface area contributed by atoms with Crippen LogP contribution >= 0.6 is 0 Å². The minimum absolute atomic E-state index is 0.899. The SMILES string of the molecule is C=C1CCC(CCC)[C@@H](C)C1. The maximum atomic E-state index is 4.06. The summed E-state index contributed by atoms with van der Waals surface area (Å²) in [5.74, 6) is 1.89. The molecule has 11 heavy (non-hydrogen) atoms. The molecule has 0 radical (unpaired) electrons. The summed E-state index contributed by atoms with van der Waals surface area (Å²) < 4.78 is 0. The van der Waals surface area contributed by atoms with Gasteiger partial charge in [-0.2, -0.15) is 0 Å². The molecule has 0 aliphatic heterocycles. The summed E-state index contributed by atoms with van der Waals surface area (Å²) in [6.07, 6.45) is 6.74. The summed E-state index contributed by atoms with van der Waals surface area (Å²) in [7, 11) is 0. The first-order valence-electron chi connectivity index (χ1n) is 4.90. The third-order valence-electron chi connectivity index (χ3n) is 2.94. The van der Waals surface area contributed by atoms with Crippen LogP contribution in [0.1, 0.15) is 46.0 Å². The zero-order valence-corrected chi connectivity index (χ0v) is 7.90. The Morgan fingerprint density at radius 2 is 2.27 bits per heavy atom. The molecule has 0 spiro atoms.